The molecule has 0 atom stereocenters. The van der Waals surface area contributed by atoms with Crippen molar-refractivity contribution in [1.29, 1.82) is 0 Å². The Morgan fingerprint density at radius 3 is 1.63 bits per heavy atom. The van der Waals surface area contributed by atoms with E-state index in [1.165, 1.54) is 0 Å². The monoisotopic (exact) mass is 419 g/mol. The van der Waals surface area contributed by atoms with Crippen molar-refractivity contribution in [3.05, 3.63) is 102 Å². The van der Waals surface area contributed by atoms with Crippen molar-refractivity contribution < 1.29 is 9.36 Å². The number of amides is 1. The van der Waals surface area contributed by atoms with Crippen molar-refractivity contribution in [2.24, 2.45) is 0 Å². The zero-order valence-corrected chi connectivity index (χ0v) is 18.3. The molecule has 30 heavy (non-hydrogen) atoms. The Morgan fingerprint density at radius 1 is 0.767 bits per heavy atom. The van der Waals surface area contributed by atoms with Crippen LogP contribution < -0.4 is 21.4 Å². The van der Waals surface area contributed by atoms with Crippen molar-refractivity contribution in [2.45, 2.75) is 6.92 Å². The number of allylic oxidation sites excluding steroid dienone is 1. The molecule has 0 heterocycles. The molecule has 0 saturated carbocycles. The Morgan fingerprint density at radius 2 is 1.20 bits per heavy atom. The van der Waals surface area contributed by atoms with Crippen molar-refractivity contribution in [2.75, 3.05) is 19.4 Å². The smallest absolute Gasteiger partial charge is 0.261 e. The highest BCUT2D eigenvalue weighted by Crippen LogP contribution is 2.53. The van der Waals surface area contributed by atoms with Gasteiger partial charge in [0, 0.05) is 36.1 Å². The van der Waals surface area contributed by atoms with E-state index in [1.807, 2.05) is 93.0 Å². The summed E-state index contributed by atoms with van der Waals surface area (Å²) in [5, 5.41) is 6.07. The highest BCUT2D eigenvalue weighted by atomic mass is 31.2. The van der Waals surface area contributed by atoms with Crippen molar-refractivity contribution in [3.8, 4) is 0 Å². The number of hydrogen-bond donors (Lipinski definition) is 2. The fraction of sp³-hybridized carbons (Fsp3) is 0.125. The standard InChI is InChI=1S/C24H26N3O2P/c1-19(26-27(2)3)23(24(28)25-20-13-7-4-8-14-20)30(29,21-15-9-5-10-16-21)22-17-11-6-12-18-22/h4-18,26H,1-3H3,(H,25,28)/b23-19+. The zero-order valence-electron chi connectivity index (χ0n) is 17.4. The minimum absolute atomic E-state index is 0.220. The number of nitrogens with one attached hydrogen (secondary N) is 2. The number of hydrazine groups is 1. The molecule has 3 aromatic rings. The lowest BCUT2D eigenvalue weighted by molar-refractivity contribution is -0.112. The van der Waals surface area contributed by atoms with E-state index in [9.17, 15) is 9.36 Å². The molecule has 0 aliphatic carbocycles. The number of anilines is 1. The third-order valence-electron chi connectivity index (χ3n) is 4.55. The average Bonchev–Trinajstić information content (AvgIpc) is 2.75. The maximum atomic E-state index is 14.8. The molecule has 5 nitrogen and oxygen atoms in total. The third-order valence-corrected chi connectivity index (χ3v) is 7.77. The number of carbonyl (C=O) groups excluding carboxylic acids is 1. The van der Waals surface area contributed by atoms with Crippen LogP contribution in [0.15, 0.2) is 102 Å². The van der Waals surface area contributed by atoms with Gasteiger partial charge in [-0.05, 0) is 19.1 Å². The molecule has 3 aromatic carbocycles. The molecule has 0 spiro atoms. The normalized spacial score (nSPS) is 12.3. The van der Waals surface area contributed by atoms with Gasteiger partial charge in [0.15, 0.2) is 7.14 Å². The Labute approximate surface area is 177 Å². The lowest BCUT2D eigenvalue weighted by atomic mass is 10.3. The SMILES string of the molecule is C/C(NN(C)C)=C(/C(=O)Nc1ccccc1)P(=O)(c1ccccc1)c1ccccc1. The predicted molar refractivity (Wildman–Crippen MR) is 124 cm³/mol. The molecule has 154 valence electrons. The second-order valence-corrected chi connectivity index (χ2v) is 9.78. The lowest BCUT2D eigenvalue weighted by Gasteiger charge is -2.26. The van der Waals surface area contributed by atoms with Crippen LogP contribution in [0.4, 0.5) is 5.69 Å². The summed E-state index contributed by atoms with van der Waals surface area (Å²) in [6, 6.07) is 27.5. The van der Waals surface area contributed by atoms with Crippen molar-refractivity contribution in [1.82, 2.24) is 10.4 Å². The van der Waals surface area contributed by atoms with Gasteiger partial charge in [0.2, 0.25) is 0 Å². The third kappa shape index (κ3) is 4.70. The summed E-state index contributed by atoms with van der Waals surface area (Å²) in [4.78, 5) is 13.5. The highest BCUT2D eigenvalue weighted by Gasteiger charge is 2.38. The van der Waals surface area contributed by atoms with Crippen LogP contribution in [0, 0.1) is 0 Å². The van der Waals surface area contributed by atoms with Gasteiger partial charge in [0.1, 0.15) is 5.31 Å². The van der Waals surface area contributed by atoms with E-state index in [2.05, 4.69) is 10.7 Å². The van der Waals surface area contributed by atoms with Crippen LogP contribution in [-0.2, 0) is 9.36 Å². The molecule has 2 N–H and O–H groups in total. The van der Waals surface area contributed by atoms with Crippen LogP contribution in [0.2, 0.25) is 0 Å². The molecule has 0 aliphatic heterocycles. The first kappa shape index (κ1) is 21.6. The number of hydrogen-bond acceptors (Lipinski definition) is 4. The summed E-state index contributed by atoms with van der Waals surface area (Å²) in [5.74, 6) is -0.399. The maximum Gasteiger partial charge on any atom is 0.261 e. The van der Waals surface area contributed by atoms with Gasteiger partial charge in [0.05, 0.1) is 0 Å². The van der Waals surface area contributed by atoms with E-state index in [1.54, 1.807) is 24.1 Å². The largest absolute Gasteiger partial charge is 0.323 e. The summed E-state index contributed by atoms with van der Waals surface area (Å²) in [5.41, 5.74) is 4.31. The summed E-state index contributed by atoms with van der Waals surface area (Å²) >= 11 is 0. The van der Waals surface area contributed by atoms with Gasteiger partial charge in [-0.1, -0.05) is 78.9 Å². The lowest BCUT2D eigenvalue weighted by Crippen LogP contribution is -2.33. The molecule has 0 bridgehead atoms. The first-order valence-corrected chi connectivity index (χ1v) is 11.4. The van der Waals surface area contributed by atoms with Gasteiger partial charge in [-0.15, -0.1) is 0 Å². The molecular formula is C24H26N3O2P. The van der Waals surface area contributed by atoms with E-state index >= 15 is 0 Å². The predicted octanol–water partition coefficient (Wildman–Crippen LogP) is 3.94. The maximum absolute atomic E-state index is 14.8. The Bertz CT molecular complexity index is 1020. The van der Waals surface area contributed by atoms with Crippen LogP contribution >= 0.6 is 7.14 Å². The molecule has 0 saturated heterocycles. The molecule has 6 heteroatoms. The van der Waals surface area contributed by atoms with Gasteiger partial charge in [-0.3, -0.25) is 4.79 Å². The van der Waals surface area contributed by atoms with Crippen molar-refractivity contribution >= 4 is 29.3 Å². The molecular weight excluding hydrogens is 393 g/mol. The molecule has 0 radical (unpaired) electrons. The average molecular weight is 419 g/mol. The number of nitrogens with zero attached hydrogens (tertiary/aromatic N) is 1. The molecule has 3 rings (SSSR count). The van der Waals surface area contributed by atoms with E-state index < -0.39 is 13.0 Å². The van der Waals surface area contributed by atoms with Crippen LogP contribution in [0.5, 0.6) is 0 Å². The molecule has 1 amide bonds. The molecule has 0 fully saturated rings. The van der Waals surface area contributed by atoms with Gasteiger partial charge >= 0.3 is 0 Å². The fourth-order valence-corrected chi connectivity index (χ4v) is 6.20. The second-order valence-electron chi connectivity index (χ2n) is 7.08. The number of carbonyl (C=O) groups is 1. The topological polar surface area (TPSA) is 61.4 Å². The van der Waals surface area contributed by atoms with E-state index in [0.29, 0.717) is 22.0 Å². The number of rotatable bonds is 7. The Hall–Kier alpha value is -3.14. The van der Waals surface area contributed by atoms with Crippen LogP contribution in [-0.4, -0.2) is 25.0 Å². The number of para-hydroxylation sites is 1. The summed E-state index contributed by atoms with van der Waals surface area (Å²) < 4.78 is 14.8. The Kier molecular flexibility index (Phi) is 6.88. The minimum atomic E-state index is -3.46. The van der Waals surface area contributed by atoms with Gasteiger partial charge in [-0.2, -0.15) is 0 Å². The fourth-order valence-electron chi connectivity index (χ4n) is 3.33. The molecule has 0 unspecified atom stereocenters. The second kappa shape index (κ2) is 9.57. The quantitative estimate of drug-likeness (QED) is 0.346. The Balaban J connectivity index is 2.22. The van der Waals surface area contributed by atoms with Crippen LogP contribution in [0.25, 0.3) is 0 Å². The van der Waals surface area contributed by atoms with Gasteiger partial charge < -0.3 is 15.3 Å². The summed E-state index contributed by atoms with van der Waals surface area (Å²) in [6.45, 7) is 1.78. The van der Waals surface area contributed by atoms with Crippen LogP contribution in [0.3, 0.4) is 0 Å². The first-order valence-electron chi connectivity index (χ1n) is 9.66. The first-order chi connectivity index (χ1) is 14.4. The molecule has 0 aliphatic rings. The van der Waals surface area contributed by atoms with Gasteiger partial charge in [0.25, 0.3) is 5.91 Å². The summed E-state index contributed by atoms with van der Waals surface area (Å²) in [7, 11) is 0.190. The zero-order chi connectivity index (χ0) is 21.6. The van der Waals surface area contributed by atoms with Gasteiger partial charge in [-0.25, -0.2) is 5.01 Å². The number of benzene rings is 3. The van der Waals surface area contributed by atoms with Crippen LogP contribution in [0.1, 0.15) is 6.92 Å². The minimum Gasteiger partial charge on any atom is -0.323 e. The van der Waals surface area contributed by atoms with Crippen molar-refractivity contribution in [3.63, 3.8) is 0 Å². The highest BCUT2D eigenvalue weighted by molar-refractivity contribution is 7.83. The van der Waals surface area contributed by atoms with E-state index in [4.69, 9.17) is 0 Å². The van der Waals surface area contributed by atoms with E-state index in [0.717, 1.165) is 0 Å². The molecule has 0 aromatic heterocycles. The summed E-state index contributed by atoms with van der Waals surface area (Å²) in [6.07, 6.45) is 0. The van der Waals surface area contributed by atoms with E-state index in [-0.39, 0.29) is 5.31 Å².